The van der Waals surface area contributed by atoms with E-state index in [0.29, 0.717) is 0 Å². The van der Waals surface area contributed by atoms with Crippen LogP contribution in [0.25, 0.3) is 0 Å². The normalized spacial score (nSPS) is 12.5. The van der Waals surface area contributed by atoms with Crippen LogP contribution in [0.1, 0.15) is 51.2 Å². The first-order chi connectivity index (χ1) is 9.12. The molecule has 0 radical (unpaired) electrons. The molecule has 1 aromatic carbocycles. The van der Waals surface area contributed by atoms with Crippen molar-refractivity contribution < 1.29 is 0 Å². The van der Waals surface area contributed by atoms with E-state index < -0.39 is 0 Å². The Bertz CT molecular complexity index is 374. The molecule has 1 unspecified atom stereocenters. The molecule has 0 aromatic heterocycles. The van der Waals surface area contributed by atoms with E-state index in [0.717, 1.165) is 25.9 Å². The number of benzene rings is 1. The van der Waals surface area contributed by atoms with E-state index in [2.05, 4.69) is 50.8 Å². The lowest BCUT2D eigenvalue weighted by Crippen LogP contribution is -2.25. The van der Waals surface area contributed by atoms with Gasteiger partial charge >= 0.3 is 0 Å². The summed E-state index contributed by atoms with van der Waals surface area (Å²) in [5.74, 6) is 0. The Kier molecular flexibility index (Phi) is 6.93. The van der Waals surface area contributed by atoms with Gasteiger partial charge in [0.2, 0.25) is 0 Å². The van der Waals surface area contributed by atoms with E-state index in [9.17, 15) is 0 Å². The lowest BCUT2D eigenvalue weighted by molar-refractivity contribution is 0.646. The zero-order valence-electron chi connectivity index (χ0n) is 13.1. The Morgan fingerprint density at radius 3 is 2.47 bits per heavy atom. The lowest BCUT2D eigenvalue weighted by atomic mass is 10.0. The average Bonchev–Trinajstić information content (AvgIpc) is 2.41. The van der Waals surface area contributed by atoms with Crippen LogP contribution in [0.15, 0.2) is 18.2 Å². The van der Waals surface area contributed by atoms with Crippen LogP contribution in [0.3, 0.4) is 0 Å². The summed E-state index contributed by atoms with van der Waals surface area (Å²) >= 11 is 0. The van der Waals surface area contributed by atoms with Crippen molar-refractivity contribution in [3.05, 3.63) is 29.3 Å². The molecule has 2 N–H and O–H groups in total. The number of unbranched alkanes of at least 4 members (excludes halogenated alkanes) is 1. The summed E-state index contributed by atoms with van der Waals surface area (Å²) in [6, 6.07) is 7.10. The Balaban J connectivity index is 2.80. The third kappa shape index (κ3) is 4.87. The van der Waals surface area contributed by atoms with Crippen LogP contribution in [-0.4, -0.2) is 19.1 Å². The number of anilines is 1. The number of hydrogen-bond acceptors (Lipinski definition) is 2. The van der Waals surface area contributed by atoms with Crippen molar-refractivity contribution >= 4 is 5.69 Å². The topological polar surface area (TPSA) is 29.3 Å². The Morgan fingerprint density at radius 2 is 1.95 bits per heavy atom. The quantitative estimate of drug-likeness (QED) is 0.770. The Morgan fingerprint density at radius 1 is 1.21 bits per heavy atom. The molecule has 0 aliphatic heterocycles. The molecule has 2 heteroatoms. The summed E-state index contributed by atoms with van der Waals surface area (Å²) in [6.45, 7) is 11.1. The van der Waals surface area contributed by atoms with E-state index in [-0.39, 0.29) is 6.04 Å². The van der Waals surface area contributed by atoms with Crippen molar-refractivity contribution in [1.82, 2.24) is 0 Å². The minimum absolute atomic E-state index is 0.285. The van der Waals surface area contributed by atoms with Crippen molar-refractivity contribution in [2.75, 3.05) is 18.0 Å². The van der Waals surface area contributed by atoms with Crippen molar-refractivity contribution in [2.45, 2.75) is 59.4 Å². The van der Waals surface area contributed by atoms with Gasteiger partial charge in [-0.05, 0) is 50.3 Å². The van der Waals surface area contributed by atoms with Crippen LogP contribution in [0.2, 0.25) is 0 Å². The molecule has 19 heavy (non-hydrogen) atoms. The van der Waals surface area contributed by atoms with Crippen LogP contribution in [0, 0.1) is 6.92 Å². The van der Waals surface area contributed by atoms with E-state index in [1.807, 2.05) is 0 Å². The van der Waals surface area contributed by atoms with Gasteiger partial charge in [0.25, 0.3) is 0 Å². The van der Waals surface area contributed by atoms with E-state index in [4.69, 9.17) is 5.73 Å². The molecule has 0 saturated heterocycles. The monoisotopic (exact) mass is 262 g/mol. The highest BCUT2D eigenvalue weighted by Crippen LogP contribution is 2.22. The van der Waals surface area contributed by atoms with Gasteiger partial charge < -0.3 is 10.6 Å². The van der Waals surface area contributed by atoms with E-state index >= 15 is 0 Å². The molecule has 0 amide bonds. The zero-order valence-corrected chi connectivity index (χ0v) is 13.1. The molecule has 1 rings (SSSR count). The van der Waals surface area contributed by atoms with Gasteiger partial charge in [-0.3, -0.25) is 0 Å². The Hall–Kier alpha value is -1.02. The van der Waals surface area contributed by atoms with Crippen molar-refractivity contribution in [3.63, 3.8) is 0 Å². The predicted molar refractivity (Wildman–Crippen MR) is 85.9 cm³/mol. The molecule has 0 fully saturated rings. The van der Waals surface area contributed by atoms with E-state index in [1.54, 1.807) is 0 Å². The lowest BCUT2D eigenvalue weighted by Gasteiger charge is -2.25. The largest absolute Gasteiger partial charge is 0.372 e. The molecular weight excluding hydrogens is 232 g/mol. The summed E-state index contributed by atoms with van der Waals surface area (Å²) in [5.41, 5.74) is 10.2. The molecule has 0 heterocycles. The third-order valence-corrected chi connectivity index (χ3v) is 3.79. The molecule has 1 atom stereocenters. The van der Waals surface area contributed by atoms with Crippen LogP contribution in [-0.2, 0) is 6.42 Å². The molecule has 2 nitrogen and oxygen atoms in total. The smallest absolute Gasteiger partial charge is 0.0396 e. The third-order valence-electron chi connectivity index (χ3n) is 3.79. The first-order valence-corrected chi connectivity index (χ1v) is 7.72. The number of hydrogen-bond donors (Lipinski definition) is 1. The van der Waals surface area contributed by atoms with Crippen molar-refractivity contribution in [3.8, 4) is 0 Å². The van der Waals surface area contributed by atoms with Gasteiger partial charge in [-0.25, -0.2) is 0 Å². The highest BCUT2D eigenvalue weighted by atomic mass is 15.1. The highest BCUT2D eigenvalue weighted by molar-refractivity contribution is 5.54. The first kappa shape index (κ1) is 16.0. The van der Waals surface area contributed by atoms with Gasteiger partial charge in [0.05, 0.1) is 0 Å². The summed E-state index contributed by atoms with van der Waals surface area (Å²) in [6.07, 6.45) is 4.53. The second kappa shape index (κ2) is 8.21. The molecule has 0 saturated carbocycles. The van der Waals surface area contributed by atoms with Gasteiger partial charge in [0, 0.05) is 24.8 Å². The van der Waals surface area contributed by atoms with Gasteiger partial charge in [-0.1, -0.05) is 32.4 Å². The number of aryl methyl sites for hydroxylation is 1. The van der Waals surface area contributed by atoms with Crippen LogP contribution in [0.5, 0.6) is 0 Å². The fourth-order valence-corrected chi connectivity index (χ4v) is 2.44. The summed E-state index contributed by atoms with van der Waals surface area (Å²) in [7, 11) is 0. The first-order valence-electron chi connectivity index (χ1n) is 7.72. The number of rotatable bonds is 8. The van der Waals surface area contributed by atoms with Gasteiger partial charge in [0.15, 0.2) is 0 Å². The molecular formula is C17H30N2. The molecule has 1 aromatic rings. The van der Waals surface area contributed by atoms with Crippen molar-refractivity contribution in [2.24, 2.45) is 5.73 Å². The number of nitrogens with two attached hydrogens (primary N) is 1. The molecule has 0 aliphatic carbocycles. The van der Waals surface area contributed by atoms with Crippen LogP contribution < -0.4 is 10.6 Å². The SMILES string of the molecule is CCCCN(CC)c1ccc(CC(N)CC)cc1C. The summed E-state index contributed by atoms with van der Waals surface area (Å²) < 4.78 is 0. The standard InChI is InChI=1S/C17H30N2/c1-5-8-11-19(7-3)17-10-9-15(12-14(17)4)13-16(18)6-2/h9-10,12,16H,5-8,11,13,18H2,1-4H3. The van der Waals surface area contributed by atoms with Crippen molar-refractivity contribution in [1.29, 1.82) is 0 Å². The molecule has 108 valence electrons. The van der Waals surface area contributed by atoms with Gasteiger partial charge in [0.1, 0.15) is 0 Å². The summed E-state index contributed by atoms with van der Waals surface area (Å²) in [4.78, 5) is 2.47. The fourth-order valence-electron chi connectivity index (χ4n) is 2.44. The minimum atomic E-state index is 0.285. The molecule has 0 bridgehead atoms. The predicted octanol–water partition coefficient (Wildman–Crippen LogP) is 3.90. The summed E-state index contributed by atoms with van der Waals surface area (Å²) in [5, 5.41) is 0. The second-order valence-corrected chi connectivity index (χ2v) is 5.43. The second-order valence-electron chi connectivity index (χ2n) is 5.43. The van der Waals surface area contributed by atoms with Crippen LogP contribution in [0.4, 0.5) is 5.69 Å². The van der Waals surface area contributed by atoms with Gasteiger partial charge in [-0.2, -0.15) is 0 Å². The van der Waals surface area contributed by atoms with Crippen LogP contribution >= 0.6 is 0 Å². The molecule has 0 spiro atoms. The fraction of sp³-hybridized carbons (Fsp3) is 0.647. The maximum atomic E-state index is 6.03. The number of nitrogens with zero attached hydrogens (tertiary/aromatic N) is 1. The maximum Gasteiger partial charge on any atom is 0.0396 e. The minimum Gasteiger partial charge on any atom is -0.372 e. The van der Waals surface area contributed by atoms with E-state index in [1.165, 1.54) is 29.7 Å². The zero-order chi connectivity index (χ0) is 14.3. The Labute approximate surface area is 119 Å². The maximum absolute atomic E-state index is 6.03. The van der Waals surface area contributed by atoms with Gasteiger partial charge in [-0.15, -0.1) is 0 Å². The average molecular weight is 262 g/mol. The molecule has 0 aliphatic rings. The highest BCUT2D eigenvalue weighted by Gasteiger charge is 2.08.